The smallest absolute Gasteiger partial charge is 0.120 e. The van der Waals surface area contributed by atoms with Crippen LogP contribution >= 0.6 is 0 Å². The highest BCUT2D eigenvalue weighted by Gasteiger charge is 2.21. The van der Waals surface area contributed by atoms with Crippen molar-refractivity contribution in [1.29, 1.82) is 0 Å². The van der Waals surface area contributed by atoms with Gasteiger partial charge in [-0.1, -0.05) is 0 Å². The van der Waals surface area contributed by atoms with Gasteiger partial charge >= 0.3 is 0 Å². The summed E-state index contributed by atoms with van der Waals surface area (Å²) >= 11 is 0. The van der Waals surface area contributed by atoms with Crippen molar-refractivity contribution in [2.75, 3.05) is 7.05 Å². The Balaban J connectivity index is 1.91. The quantitative estimate of drug-likeness (QED) is 0.823. The van der Waals surface area contributed by atoms with Crippen molar-refractivity contribution < 1.29 is 4.42 Å². The van der Waals surface area contributed by atoms with Gasteiger partial charge in [0, 0.05) is 12.1 Å². The molecule has 17 heavy (non-hydrogen) atoms. The van der Waals surface area contributed by atoms with Gasteiger partial charge in [0.25, 0.3) is 0 Å². The van der Waals surface area contributed by atoms with Crippen molar-refractivity contribution >= 4 is 0 Å². The number of aryl methyl sites for hydroxylation is 1. The first-order valence-corrected chi connectivity index (χ1v) is 6.58. The summed E-state index contributed by atoms with van der Waals surface area (Å²) in [4.78, 5) is 2.29. The van der Waals surface area contributed by atoms with Gasteiger partial charge in [0.05, 0.1) is 13.1 Å². The SMILES string of the molecule is Cc1cc(CN(C)C(C)C)oc1CNC1CC1. The lowest BCUT2D eigenvalue weighted by Crippen LogP contribution is -2.25. The molecule has 1 heterocycles. The van der Waals surface area contributed by atoms with Gasteiger partial charge in [-0.3, -0.25) is 4.90 Å². The minimum absolute atomic E-state index is 0.549. The topological polar surface area (TPSA) is 28.4 Å². The molecule has 1 saturated carbocycles. The zero-order valence-corrected chi connectivity index (χ0v) is 11.4. The van der Waals surface area contributed by atoms with Crippen molar-refractivity contribution in [3.05, 3.63) is 23.2 Å². The molecule has 0 unspecified atom stereocenters. The highest BCUT2D eigenvalue weighted by molar-refractivity contribution is 5.20. The maximum Gasteiger partial charge on any atom is 0.120 e. The molecule has 0 aliphatic heterocycles. The van der Waals surface area contributed by atoms with Gasteiger partial charge in [-0.05, 0) is 52.3 Å². The zero-order valence-electron chi connectivity index (χ0n) is 11.4. The first-order valence-electron chi connectivity index (χ1n) is 6.58. The fourth-order valence-corrected chi connectivity index (χ4v) is 1.80. The van der Waals surface area contributed by atoms with E-state index in [4.69, 9.17) is 4.42 Å². The Bertz CT molecular complexity index is 366. The van der Waals surface area contributed by atoms with E-state index in [2.05, 4.69) is 44.1 Å². The molecule has 3 nitrogen and oxygen atoms in total. The summed E-state index contributed by atoms with van der Waals surface area (Å²) < 4.78 is 5.91. The lowest BCUT2D eigenvalue weighted by Gasteiger charge is -2.19. The Labute approximate surface area is 104 Å². The van der Waals surface area contributed by atoms with Crippen LogP contribution in [0.3, 0.4) is 0 Å². The van der Waals surface area contributed by atoms with E-state index < -0.39 is 0 Å². The minimum atomic E-state index is 0.549. The Morgan fingerprint density at radius 1 is 1.47 bits per heavy atom. The Hall–Kier alpha value is -0.800. The summed E-state index contributed by atoms with van der Waals surface area (Å²) in [5, 5.41) is 3.50. The van der Waals surface area contributed by atoms with Gasteiger partial charge in [-0.15, -0.1) is 0 Å². The molecule has 0 atom stereocenters. The van der Waals surface area contributed by atoms with Crippen LogP contribution in [0.25, 0.3) is 0 Å². The number of nitrogens with one attached hydrogen (secondary N) is 1. The molecule has 1 N–H and O–H groups in total. The monoisotopic (exact) mass is 236 g/mol. The fraction of sp³-hybridized carbons (Fsp3) is 0.714. The molecule has 1 aromatic heterocycles. The van der Waals surface area contributed by atoms with Gasteiger partial charge < -0.3 is 9.73 Å². The second-order valence-corrected chi connectivity index (χ2v) is 5.48. The van der Waals surface area contributed by atoms with Crippen LogP contribution < -0.4 is 5.32 Å². The molecule has 1 fully saturated rings. The fourth-order valence-electron chi connectivity index (χ4n) is 1.80. The molecule has 1 aliphatic carbocycles. The largest absolute Gasteiger partial charge is 0.463 e. The third-order valence-corrected chi connectivity index (χ3v) is 3.49. The average Bonchev–Trinajstić information content (AvgIpc) is 3.01. The maximum absolute atomic E-state index is 5.91. The molecule has 1 aliphatic rings. The van der Waals surface area contributed by atoms with Gasteiger partial charge in [0.1, 0.15) is 11.5 Å². The van der Waals surface area contributed by atoms with E-state index in [0.29, 0.717) is 6.04 Å². The van der Waals surface area contributed by atoms with E-state index in [1.54, 1.807) is 0 Å². The second kappa shape index (κ2) is 5.23. The maximum atomic E-state index is 5.91. The van der Waals surface area contributed by atoms with Crippen molar-refractivity contribution in [3.8, 4) is 0 Å². The molecule has 0 aromatic carbocycles. The van der Waals surface area contributed by atoms with E-state index in [-0.39, 0.29) is 0 Å². The van der Waals surface area contributed by atoms with E-state index in [9.17, 15) is 0 Å². The Kier molecular flexibility index (Phi) is 3.89. The summed E-state index contributed by atoms with van der Waals surface area (Å²) in [7, 11) is 2.13. The molecule has 3 heteroatoms. The predicted molar refractivity (Wildman–Crippen MR) is 69.9 cm³/mol. The highest BCUT2D eigenvalue weighted by Crippen LogP contribution is 2.21. The van der Waals surface area contributed by atoms with Crippen molar-refractivity contribution in [2.45, 2.75) is 58.8 Å². The summed E-state index contributed by atoms with van der Waals surface area (Å²) in [6.45, 7) is 8.30. The van der Waals surface area contributed by atoms with Crippen molar-refractivity contribution in [3.63, 3.8) is 0 Å². The number of hydrogen-bond donors (Lipinski definition) is 1. The molecule has 2 rings (SSSR count). The lowest BCUT2D eigenvalue weighted by atomic mass is 10.2. The van der Waals surface area contributed by atoms with Crippen LogP contribution in [0.5, 0.6) is 0 Å². The van der Waals surface area contributed by atoms with E-state index in [0.717, 1.165) is 30.7 Å². The third-order valence-electron chi connectivity index (χ3n) is 3.49. The zero-order chi connectivity index (χ0) is 12.4. The van der Waals surface area contributed by atoms with E-state index in [1.807, 2.05) is 0 Å². The van der Waals surface area contributed by atoms with Crippen LogP contribution in [0.4, 0.5) is 0 Å². The normalized spacial score (nSPS) is 16.1. The Morgan fingerprint density at radius 2 is 2.18 bits per heavy atom. The highest BCUT2D eigenvalue weighted by atomic mass is 16.3. The van der Waals surface area contributed by atoms with Crippen LogP contribution in [0, 0.1) is 6.92 Å². The molecular weight excluding hydrogens is 212 g/mol. The predicted octanol–water partition coefficient (Wildman–Crippen LogP) is 2.68. The first-order chi connectivity index (χ1) is 8.06. The molecule has 1 aromatic rings. The van der Waals surface area contributed by atoms with Crippen LogP contribution in [0.15, 0.2) is 10.5 Å². The molecule has 96 valence electrons. The Morgan fingerprint density at radius 3 is 2.76 bits per heavy atom. The van der Waals surface area contributed by atoms with E-state index in [1.165, 1.54) is 18.4 Å². The van der Waals surface area contributed by atoms with Gasteiger partial charge in [0.15, 0.2) is 0 Å². The van der Waals surface area contributed by atoms with Crippen LogP contribution in [-0.2, 0) is 13.1 Å². The van der Waals surface area contributed by atoms with Crippen LogP contribution in [0.2, 0.25) is 0 Å². The number of nitrogens with zero attached hydrogens (tertiary/aromatic N) is 1. The summed E-state index contributed by atoms with van der Waals surface area (Å²) in [6, 6.07) is 3.46. The minimum Gasteiger partial charge on any atom is -0.463 e. The van der Waals surface area contributed by atoms with Crippen molar-refractivity contribution in [2.24, 2.45) is 0 Å². The lowest BCUT2D eigenvalue weighted by molar-refractivity contribution is 0.240. The van der Waals surface area contributed by atoms with Gasteiger partial charge in [-0.25, -0.2) is 0 Å². The molecule has 0 spiro atoms. The van der Waals surface area contributed by atoms with Crippen LogP contribution in [-0.4, -0.2) is 24.0 Å². The first kappa shape index (κ1) is 12.7. The second-order valence-electron chi connectivity index (χ2n) is 5.48. The van der Waals surface area contributed by atoms with Crippen LogP contribution in [0.1, 0.15) is 43.8 Å². The average molecular weight is 236 g/mol. The molecule has 0 amide bonds. The van der Waals surface area contributed by atoms with Crippen molar-refractivity contribution in [1.82, 2.24) is 10.2 Å². The number of rotatable bonds is 6. The number of hydrogen-bond acceptors (Lipinski definition) is 3. The third kappa shape index (κ3) is 3.58. The standard InChI is InChI=1S/C14H24N2O/c1-10(2)16(4)9-13-7-11(3)14(17-13)8-15-12-5-6-12/h7,10,12,15H,5-6,8-9H2,1-4H3. The molecule has 0 saturated heterocycles. The van der Waals surface area contributed by atoms with Gasteiger partial charge in [-0.2, -0.15) is 0 Å². The van der Waals surface area contributed by atoms with E-state index >= 15 is 0 Å². The summed E-state index contributed by atoms with van der Waals surface area (Å²) in [5.41, 5.74) is 1.27. The summed E-state index contributed by atoms with van der Waals surface area (Å²) in [5.74, 6) is 2.18. The molecule has 0 bridgehead atoms. The molecular formula is C14H24N2O. The summed E-state index contributed by atoms with van der Waals surface area (Å²) in [6.07, 6.45) is 2.64. The molecule has 0 radical (unpaired) electrons. The number of furan rings is 1. The van der Waals surface area contributed by atoms with Gasteiger partial charge in [0.2, 0.25) is 0 Å².